The van der Waals surface area contributed by atoms with Gasteiger partial charge in [-0.2, -0.15) is 0 Å². The molecule has 0 aliphatic heterocycles. The molecule has 5 heteroatoms. The van der Waals surface area contributed by atoms with Gasteiger partial charge in [-0.15, -0.1) is 4.85 Å². The van der Waals surface area contributed by atoms with E-state index in [9.17, 15) is 10.3 Å². The van der Waals surface area contributed by atoms with Gasteiger partial charge < -0.3 is 10.3 Å². The Labute approximate surface area is 103 Å². The lowest BCUT2D eigenvalue weighted by Crippen LogP contribution is -2.37. The quantitative estimate of drug-likeness (QED) is 0.520. The van der Waals surface area contributed by atoms with E-state index in [0.29, 0.717) is 21.6 Å². The molecule has 0 aliphatic carbocycles. The first-order valence-corrected chi connectivity index (χ1v) is 5.54. The zero-order valence-corrected chi connectivity index (χ0v) is 9.74. The van der Waals surface area contributed by atoms with Crippen LogP contribution in [0.4, 0.5) is 0 Å². The molecule has 3 rings (SSSR count). The van der Waals surface area contributed by atoms with Gasteiger partial charge in [-0.3, -0.25) is 0 Å². The number of aryl methyl sites for hydroxylation is 1. The standard InChI is InChI=1S/C13H11N3O2/c1-9-6-7-13(17)12(8-9)15-14-10-4-2-3-5-11(10)16(15)18/h2-8,17H,1H3. The molecule has 1 N–H and O–H groups in total. The number of hydrogen-bond acceptors (Lipinski definition) is 3. The van der Waals surface area contributed by atoms with Gasteiger partial charge in [0.2, 0.25) is 11.0 Å². The third kappa shape index (κ3) is 1.48. The van der Waals surface area contributed by atoms with Gasteiger partial charge >= 0.3 is 0 Å². The van der Waals surface area contributed by atoms with Gasteiger partial charge in [0.05, 0.1) is 5.10 Å². The summed E-state index contributed by atoms with van der Waals surface area (Å²) < 4.78 is 0. The van der Waals surface area contributed by atoms with Crippen molar-refractivity contribution in [2.24, 2.45) is 0 Å². The largest absolute Gasteiger partial charge is 0.692 e. The SMILES string of the molecule is Cc1ccc(O)c(-n2nc3ccccc3[n+]2[O-])c1. The molecule has 3 aromatic rings. The van der Waals surface area contributed by atoms with Crippen LogP contribution in [0.2, 0.25) is 0 Å². The minimum atomic E-state index is 0.0259. The molecule has 0 bridgehead atoms. The monoisotopic (exact) mass is 241 g/mol. The Morgan fingerprint density at radius 1 is 1.22 bits per heavy atom. The maximum Gasteiger partial charge on any atom is 0.250 e. The van der Waals surface area contributed by atoms with Gasteiger partial charge in [0.15, 0.2) is 5.69 Å². The Balaban J connectivity index is 2.31. The van der Waals surface area contributed by atoms with Crippen molar-refractivity contribution in [1.82, 2.24) is 9.90 Å². The molecular weight excluding hydrogens is 230 g/mol. The molecule has 5 nitrogen and oxygen atoms in total. The third-order valence-electron chi connectivity index (χ3n) is 2.81. The van der Waals surface area contributed by atoms with Crippen LogP contribution >= 0.6 is 0 Å². The van der Waals surface area contributed by atoms with E-state index in [1.807, 2.05) is 13.0 Å². The minimum Gasteiger partial charge on any atom is -0.692 e. The highest BCUT2D eigenvalue weighted by molar-refractivity contribution is 5.70. The Bertz CT molecular complexity index is 734. The smallest absolute Gasteiger partial charge is 0.250 e. The van der Waals surface area contributed by atoms with E-state index >= 15 is 0 Å². The summed E-state index contributed by atoms with van der Waals surface area (Å²) in [7, 11) is 0. The predicted molar refractivity (Wildman–Crippen MR) is 66.4 cm³/mol. The van der Waals surface area contributed by atoms with Crippen molar-refractivity contribution < 1.29 is 9.95 Å². The zero-order chi connectivity index (χ0) is 12.7. The maximum absolute atomic E-state index is 12.1. The van der Waals surface area contributed by atoms with E-state index in [-0.39, 0.29) is 5.75 Å². The number of aromatic nitrogens is 3. The van der Waals surface area contributed by atoms with Crippen LogP contribution in [0.5, 0.6) is 5.75 Å². The van der Waals surface area contributed by atoms with Crippen molar-refractivity contribution in [3.63, 3.8) is 0 Å². The Hall–Kier alpha value is -2.56. The number of aromatic hydroxyl groups is 1. The molecule has 0 radical (unpaired) electrons. The number of hydrogen-bond donors (Lipinski definition) is 1. The molecular formula is C13H11N3O2. The maximum atomic E-state index is 12.1. The molecule has 0 fully saturated rings. The van der Waals surface area contributed by atoms with Crippen LogP contribution in [0.25, 0.3) is 16.7 Å². The van der Waals surface area contributed by atoms with E-state index in [1.54, 1.807) is 36.4 Å². The summed E-state index contributed by atoms with van der Waals surface area (Å²) in [6.45, 7) is 1.89. The van der Waals surface area contributed by atoms with Crippen LogP contribution in [0.15, 0.2) is 42.5 Å². The first-order chi connectivity index (χ1) is 8.66. The predicted octanol–water partition coefficient (Wildman–Crippen LogP) is 1.67. The van der Waals surface area contributed by atoms with Crippen molar-refractivity contribution in [3.8, 4) is 11.4 Å². The van der Waals surface area contributed by atoms with Gasteiger partial charge in [0, 0.05) is 0 Å². The Kier molecular flexibility index (Phi) is 2.19. The average molecular weight is 241 g/mol. The summed E-state index contributed by atoms with van der Waals surface area (Å²) in [6.07, 6.45) is 0. The van der Waals surface area contributed by atoms with Crippen LogP contribution in [0, 0.1) is 12.1 Å². The lowest BCUT2D eigenvalue weighted by atomic mass is 10.2. The molecule has 0 unspecified atom stereocenters. The average Bonchev–Trinajstić information content (AvgIpc) is 2.71. The molecule has 0 atom stereocenters. The molecule has 0 aliphatic rings. The molecule has 0 saturated carbocycles. The highest BCUT2D eigenvalue weighted by Gasteiger charge is 2.17. The fourth-order valence-electron chi connectivity index (χ4n) is 1.90. The molecule has 1 heterocycles. The summed E-state index contributed by atoms with van der Waals surface area (Å²) in [5.74, 6) is 0.0259. The van der Waals surface area contributed by atoms with Crippen LogP contribution in [0.3, 0.4) is 0 Å². The number of benzene rings is 2. The second kappa shape index (κ2) is 3.73. The van der Waals surface area contributed by atoms with Crippen LogP contribution in [-0.4, -0.2) is 15.0 Å². The number of fused-ring (bicyclic) bond motifs is 1. The van der Waals surface area contributed by atoms with Crippen molar-refractivity contribution in [2.75, 3.05) is 0 Å². The van der Waals surface area contributed by atoms with E-state index in [0.717, 1.165) is 10.4 Å². The zero-order valence-electron chi connectivity index (χ0n) is 9.74. The first kappa shape index (κ1) is 10.6. The molecule has 18 heavy (non-hydrogen) atoms. The third-order valence-corrected chi connectivity index (χ3v) is 2.81. The molecule has 0 saturated heterocycles. The van der Waals surface area contributed by atoms with Crippen molar-refractivity contribution in [3.05, 3.63) is 53.2 Å². The Morgan fingerprint density at radius 3 is 2.78 bits per heavy atom. The molecule has 0 spiro atoms. The molecule has 90 valence electrons. The number of nitrogens with zero attached hydrogens (tertiary/aromatic N) is 3. The summed E-state index contributed by atoms with van der Waals surface area (Å²) in [5.41, 5.74) is 2.38. The van der Waals surface area contributed by atoms with E-state index in [1.165, 1.54) is 0 Å². The van der Waals surface area contributed by atoms with Crippen molar-refractivity contribution in [2.45, 2.75) is 6.92 Å². The molecule has 0 amide bonds. The van der Waals surface area contributed by atoms with E-state index in [4.69, 9.17) is 0 Å². The van der Waals surface area contributed by atoms with Gasteiger partial charge in [0.1, 0.15) is 5.75 Å². The number of para-hydroxylation sites is 1. The topological polar surface area (TPSA) is 65.0 Å². The highest BCUT2D eigenvalue weighted by atomic mass is 16.5. The van der Waals surface area contributed by atoms with Crippen LogP contribution in [0.1, 0.15) is 5.56 Å². The fourth-order valence-corrected chi connectivity index (χ4v) is 1.90. The molecule has 1 aromatic heterocycles. The summed E-state index contributed by atoms with van der Waals surface area (Å²) >= 11 is 0. The number of rotatable bonds is 1. The van der Waals surface area contributed by atoms with Gasteiger partial charge in [-0.1, -0.05) is 18.2 Å². The van der Waals surface area contributed by atoms with Gasteiger partial charge in [-0.25, -0.2) is 0 Å². The Morgan fingerprint density at radius 2 is 2.00 bits per heavy atom. The van der Waals surface area contributed by atoms with Crippen LogP contribution in [-0.2, 0) is 0 Å². The summed E-state index contributed by atoms with van der Waals surface area (Å²) in [4.78, 5) is 1.83. The first-order valence-electron chi connectivity index (χ1n) is 5.54. The second-order valence-electron chi connectivity index (χ2n) is 4.14. The van der Waals surface area contributed by atoms with Gasteiger partial charge in [0.25, 0.3) is 0 Å². The summed E-state index contributed by atoms with van der Waals surface area (Å²) in [5, 5.41) is 26.1. The van der Waals surface area contributed by atoms with Gasteiger partial charge in [-0.05, 0) is 41.5 Å². The second-order valence-corrected chi connectivity index (χ2v) is 4.14. The number of phenolic OH excluding ortho intramolecular Hbond substituents is 1. The summed E-state index contributed by atoms with van der Waals surface area (Å²) in [6, 6.07) is 12.1. The lowest BCUT2D eigenvalue weighted by Gasteiger charge is -2.06. The van der Waals surface area contributed by atoms with E-state index < -0.39 is 0 Å². The van der Waals surface area contributed by atoms with Crippen LogP contribution < -0.4 is 4.85 Å². The lowest BCUT2D eigenvalue weighted by molar-refractivity contribution is -0.664. The number of phenols is 1. The highest BCUT2D eigenvalue weighted by Crippen LogP contribution is 2.21. The van der Waals surface area contributed by atoms with E-state index in [2.05, 4.69) is 5.10 Å². The van der Waals surface area contributed by atoms with Crippen molar-refractivity contribution in [1.29, 1.82) is 0 Å². The fraction of sp³-hybridized carbons (Fsp3) is 0.0769. The van der Waals surface area contributed by atoms with Crippen molar-refractivity contribution >= 4 is 11.0 Å². The normalized spacial score (nSPS) is 10.9. The minimum absolute atomic E-state index is 0.0259. The molecule has 2 aromatic carbocycles.